The van der Waals surface area contributed by atoms with Gasteiger partial charge < -0.3 is 20.5 Å². The number of amides is 1. The second-order valence-corrected chi connectivity index (χ2v) is 6.58. The fourth-order valence-electron chi connectivity index (χ4n) is 1.97. The van der Waals surface area contributed by atoms with Gasteiger partial charge in [0, 0.05) is 0 Å². The molecule has 0 bridgehead atoms. The number of ether oxygens (including phenoxy) is 1. The molecule has 1 amide bonds. The summed E-state index contributed by atoms with van der Waals surface area (Å²) < 4.78 is 4.68. The first-order valence-corrected chi connectivity index (χ1v) is 7.91. The van der Waals surface area contributed by atoms with Gasteiger partial charge in [-0.05, 0) is 24.7 Å². The lowest BCUT2D eigenvalue weighted by Gasteiger charge is -2.21. The molecule has 0 spiro atoms. The zero-order valence-electron chi connectivity index (χ0n) is 14.2. The molecule has 0 aliphatic rings. The Labute approximate surface area is 142 Å². The van der Waals surface area contributed by atoms with Crippen molar-refractivity contribution in [2.75, 3.05) is 7.11 Å². The van der Waals surface area contributed by atoms with Crippen molar-refractivity contribution in [3.05, 3.63) is 0 Å². The number of nitrogens with one attached hydrogen (secondary N) is 2. The average molecular weight is 346 g/mol. The smallest absolute Gasteiger partial charge is 0.328 e. The van der Waals surface area contributed by atoms with Crippen LogP contribution < -0.4 is 10.6 Å². The van der Waals surface area contributed by atoms with Gasteiger partial charge in [0.1, 0.15) is 12.1 Å². The van der Waals surface area contributed by atoms with Gasteiger partial charge in [-0.2, -0.15) is 0 Å². The summed E-state index contributed by atoms with van der Waals surface area (Å²) in [7, 11) is 1.25. The molecule has 0 aromatic carbocycles. The van der Waals surface area contributed by atoms with Gasteiger partial charge in [0.05, 0.1) is 7.11 Å². The lowest BCUT2D eigenvalue weighted by Crippen LogP contribution is -2.51. The molecule has 0 rings (SSSR count). The molecule has 0 heterocycles. The first-order valence-electron chi connectivity index (χ1n) is 7.50. The highest BCUT2D eigenvalue weighted by atomic mass is 32.1. The summed E-state index contributed by atoms with van der Waals surface area (Å²) in [5.41, 5.74) is 0. The van der Waals surface area contributed by atoms with E-state index in [2.05, 4.69) is 15.4 Å². The lowest BCUT2D eigenvalue weighted by atomic mass is 10.0. The van der Waals surface area contributed by atoms with Crippen molar-refractivity contribution in [2.45, 2.75) is 52.6 Å². The average Bonchev–Trinajstić information content (AvgIpc) is 2.43. The number of aliphatic carboxylic acids is 1. The highest BCUT2D eigenvalue weighted by Gasteiger charge is 2.26. The molecule has 0 aliphatic heterocycles. The zero-order valence-corrected chi connectivity index (χ0v) is 15.0. The van der Waals surface area contributed by atoms with Gasteiger partial charge in [0.2, 0.25) is 0 Å². The summed E-state index contributed by atoms with van der Waals surface area (Å²) >= 11 is 4.97. The number of carboxylic acid groups (broad SMARTS) is 1. The largest absolute Gasteiger partial charge is 0.480 e. The van der Waals surface area contributed by atoms with E-state index in [9.17, 15) is 14.4 Å². The maximum Gasteiger partial charge on any atom is 0.328 e. The standard InChI is InChI=1S/C15H26N2O5S/c1-8(2)6-10(14(19)20)16-12(18)13(23)17-11(7-9(3)4)15(21)22-5/h8-11H,6-7H2,1-5H3,(H,16,18)(H,17,23)(H,19,20)/t10-,11-/m0/s1. The Morgan fingerprint density at radius 1 is 1.00 bits per heavy atom. The first-order chi connectivity index (χ1) is 10.6. The van der Waals surface area contributed by atoms with Crippen LogP contribution in [0.5, 0.6) is 0 Å². The number of methoxy groups -OCH3 is 1. The Balaban J connectivity index is 4.81. The van der Waals surface area contributed by atoms with Crippen LogP contribution in [0.25, 0.3) is 0 Å². The molecule has 0 aromatic heterocycles. The van der Waals surface area contributed by atoms with Gasteiger partial charge in [0.25, 0.3) is 5.91 Å². The van der Waals surface area contributed by atoms with Crippen LogP contribution in [-0.2, 0) is 19.1 Å². The molecular formula is C15H26N2O5S. The Bertz CT molecular complexity index is 451. The number of hydrogen-bond donors (Lipinski definition) is 3. The van der Waals surface area contributed by atoms with Crippen LogP contribution in [0, 0.1) is 11.8 Å². The van der Waals surface area contributed by atoms with Crippen LogP contribution in [0.3, 0.4) is 0 Å². The molecule has 0 radical (unpaired) electrons. The second-order valence-electron chi connectivity index (χ2n) is 6.17. The third kappa shape index (κ3) is 8.49. The third-order valence-corrected chi connectivity index (χ3v) is 3.32. The molecule has 3 N–H and O–H groups in total. The summed E-state index contributed by atoms with van der Waals surface area (Å²) in [5, 5.41) is 14.1. The van der Waals surface area contributed by atoms with E-state index >= 15 is 0 Å². The third-order valence-electron chi connectivity index (χ3n) is 3.01. The van der Waals surface area contributed by atoms with Gasteiger partial charge in [-0.3, -0.25) is 4.79 Å². The van der Waals surface area contributed by atoms with Crippen LogP contribution in [0.2, 0.25) is 0 Å². The van der Waals surface area contributed by atoms with E-state index in [-0.39, 0.29) is 23.2 Å². The highest BCUT2D eigenvalue weighted by molar-refractivity contribution is 7.82. The summed E-state index contributed by atoms with van der Waals surface area (Å²) in [6.07, 6.45) is 0.727. The van der Waals surface area contributed by atoms with Crippen LogP contribution in [0.15, 0.2) is 0 Å². The van der Waals surface area contributed by atoms with Gasteiger partial charge in [-0.1, -0.05) is 39.9 Å². The summed E-state index contributed by atoms with van der Waals surface area (Å²) in [6.45, 7) is 7.55. The van der Waals surface area contributed by atoms with Crippen LogP contribution in [0.1, 0.15) is 40.5 Å². The molecule has 2 atom stereocenters. The van der Waals surface area contributed by atoms with Crippen molar-refractivity contribution >= 4 is 35.1 Å². The number of carbonyl (C=O) groups is 3. The number of hydrogen-bond acceptors (Lipinski definition) is 5. The maximum atomic E-state index is 12.0. The molecule has 0 fully saturated rings. The second kappa shape index (κ2) is 10.1. The number of thiocarbonyl (C=S) groups is 1. The molecule has 0 unspecified atom stereocenters. The molecule has 8 heteroatoms. The SMILES string of the molecule is COC(=O)[C@H](CC(C)C)NC(=S)C(=O)N[C@@H](CC(C)C)C(=O)O. The molecule has 7 nitrogen and oxygen atoms in total. The first kappa shape index (κ1) is 21.3. The number of rotatable bonds is 8. The molecule has 0 aromatic rings. The van der Waals surface area contributed by atoms with Crippen LogP contribution in [-0.4, -0.2) is 47.1 Å². The molecule has 0 saturated heterocycles. The summed E-state index contributed by atoms with van der Waals surface area (Å²) in [6, 6.07) is -1.77. The van der Waals surface area contributed by atoms with Gasteiger partial charge in [-0.25, -0.2) is 9.59 Å². The summed E-state index contributed by atoms with van der Waals surface area (Å²) in [5.74, 6) is -2.08. The molecule has 0 saturated carbocycles. The minimum Gasteiger partial charge on any atom is -0.480 e. The number of esters is 1. The highest BCUT2D eigenvalue weighted by Crippen LogP contribution is 2.07. The molecule has 0 aliphatic carbocycles. The van der Waals surface area contributed by atoms with Crippen molar-refractivity contribution in [1.82, 2.24) is 10.6 Å². The Morgan fingerprint density at radius 3 is 1.87 bits per heavy atom. The molecular weight excluding hydrogens is 320 g/mol. The fraction of sp³-hybridized carbons (Fsp3) is 0.733. The van der Waals surface area contributed by atoms with E-state index in [4.69, 9.17) is 17.3 Å². The predicted molar refractivity (Wildman–Crippen MR) is 90.0 cm³/mol. The van der Waals surface area contributed by atoms with Gasteiger partial charge in [0.15, 0.2) is 4.99 Å². The van der Waals surface area contributed by atoms with Crippen LogP contribution in [0.4, 0.5) is 0 Å². The van der Waals surface area contributed by atoms with Crippen molar-refractivity contribution in [2.24, 2.45) is 11.8 Å². The Kier molecular flexibility index (Phi) is 9.40. The van der Waals surface area contributed by atoms with Crippen LogP contribution >= 0.6 is 12.2 Å². The number of carboxylic acids is 1. The number of carbonyl (C=O) groups excluding carboxylic acids is 2. The van der Waals surface area contributed by atoms with Gasteiger partial charge >= 0.3 is 11.9 Å². The van der Waals surface area contributed by atoms with Crippen molar-refractivity contribution in [3.63, 3.8) is 0 Å². The minimum atomic E-state index is -1.12. The lowest BCUT2D eigenvalue weighted by molar-refractivity contribution is -0.143. The van der Waals surface area contributed by atoms with E-state index in [1.165, 1.54) is 7.11 Å². The fourth-order valence-corrected chi connectivity index (χ4v) is 2.17. The molecule has 23 heavy (non-hydrogen) atoms. The Morgan fingerprint density at radius 2 is 1.48 bits per heavy atom. The van der Waals surface area contributed by atoms with Crippen molar-refractivity contribution in [3.8, 4) is 0 Å². The minimum absolute atomic E-state index is 0.0988. The van der Waals surface area contributed by atoms with E-state index < -0.39 is 29.9 Å². The quantitative estimate of drug-likeness (QED) is 0.446. The topological polar surface area (TPSA) is 105 Å². The Hall–Kier alpha value is -1.70. The summed E-state index contributed by atoms with van der Waals surface area (Å²) in [4.78, 5) is 34.7. The maximum absolute atomic E-state index is 12.0. The van der Waals surface area contributed by atoms with Gasteiger partial charge in [-0.15, -0.1) is 0 Å². The predicted octanol–water partition coefficient (Wildman–Crippen LogP) is 1.11. The van der Waals surface area contributed by atoms with E-state index in [0.717, 1.165) is 0 Å². The monoisotopic (exact) mass is 346 g/mol. The van der Waals surface area contributed by atoms with E-state index in [0.29, 0.717) is 6.42 Å². The van der Waals surface area contributed by atoms with E-state index in [1.807, 2.05) is 27.7 Å². The van der Waals surface area contributed by atoms with Crippen molar-refractivity contribution < 1.29 is 24.2 Å². The van der Waals surface area contributed by atoms with E-state index in [1.54, 1.807) is 0 Å². The van der Waals surface area contributed by atoms with Crippen molar-refractivity contribution in [1.29, 1.82) is 0 Å². The zero-order chi connectivity index (χ0) is 18.2. The normalized spacial score (nSPS) is 13.3. The molecule has 132 valence electrons.